The van der Waals surface area contributed by atoms with Crippen molar-refractivity contribution in [3.8, 4) is 11.3 Å². The zero-order valence-corrected chi connectivity index (χ0v) is 18.5. The molecule has 0 unspecified atom stereocenters. The minimum absolute atomic E-state index is 0.250. The number of carbonyl (C=O) groups excluding carboxylic acids is 3. The van der Waals surface area contributed by atoms with Gasteiger partial charge in [-0.1, -0.05) is 24.3 Å². The lowest BCUT2D eigenvalue weighted by Crippen LogP contribution is -2.46. The van der Waals surface area contributed by atoms with E-state index in [2.05, 4.69) is 20.9 Å². The fourth-order valence-corrected chi connectivity index (χ4v) is 4.89. The Morgan fingerprint density at radius 2 is 2.00 bits per heavy atom. The van der Waals surface area contributed by atoms with Gasteiger partial charge in [-0.3, -0.25) is 14.9 Å². The molecule has 4 rings (SSSR count). The van der Waals surface area contributed by atoms with Crippen LogP contribution in [0.3, 0.4) is 0 Å². The Bertz CT molecular complexity index is 1180. The molecule has 0 saturated carbocycles. The summed E-state index contributed by atoms with van der Waals surface area (Å²) >= 11 is 2.92. The molecule has 0 bridgehead atoms. The molecule has 0 radical (unpaired) electrons. The average Bonchev–Trinajstić information content (AvgIpc) is 3.29. The number of thiazole rings is 1. The van der Waals surface area contributed by atoms with Gasteiger partial charge in [0.2, 0.25) is 0 Å². The molecule has 7 nitrogen and oxygen atoms in total. The normalized spacial score (nSPS) is 17.9. The molecule has 1 aliphatic heterocycles. The summed E-state index contributed by atoms with van der Waals surface area (Å²) in [6.45, 7) is 3.62. The number of amides is 4. The number of anilines is 1. The predicted octanol–water partition coefficient (Wildman–Crippen LogP) is 4.06. The smallest absolute Gasteiger partial charge is 0.322 e. The van der Waals surface area contributed by atoms with Crippen molar-refractivity contribution < 1.29 is 14.4 Å². The summed E-state index contributed by atoms with van der Waals surface area (Å²) in [6.07, 6.45) is 0. The van der Waals surface area contributed by atoms with Crippen LogP contribution in [0.5, 0.6) is 0 Å². The molecule has 1 atom stereocenters. The van der Waals surface area contributed by atoms with Gasteiger partial charge in [-0.05, 0) is 38.1 Å². The van der Waals surface area contributed by atoms with Crippen LogP contribution < -0.4 is 16.0 Å². The van der Waals surface area contributed by atoms with Gasteiger partial charge in [0.15, 0.2) is 0 Å². The second-order valence-corrected chi connectivity index (χ2v) is 9.39. The summed E-state index contributed by atoms with van der Waals surface area (Å²) in [6, 6.07) is 14.2. The van der Waals surface area contributed by atoms with Gasteiger partial charge in [-0.2, -0.15) is 0 Å². The van der Waals surface area contributed by atoms with Crippen molar-refractivity contribution in [1.29, 1.82) is 0 Å². The highest BCUT2D eigenvalue weighted by atomic mass is 32.2. The first-order chi connectivity index (χ1) is 14.8. The number of aryl methyl sites for hydroxylation is 1. The maximum atomic E-state index is 13.0. The summed E-state index contributed by atoms with van der Waals surface area (Å²) in [4.78, 5) is 41.7. The van der Waals surface area contributed by atoms with Crippen molar-refractivity contribution in [2.45, 2.75) is 24.3 Å². The molecule has 31 heavy (non-hydrogen) atoms. The monoisotopic (exact) mass is 452 g/mol. The maximum absolute atomic E-state index is 13.0. The van der Waals surface area contributed by atoms with Crippen LogP contribution in [0.15, 0.2) is 58.8 Å². The number of benzene rings is 2. The lowest BCUT2D eigenvalue weighted by Gasteiger charge is -2.20. The van der Waals surface area contributed by atoms with Gasteiger partial charge >= 0.3 is 6.03 Å². The second kappa shape index (κ2) is 8.52. The molecule has 0 aliphatic carbocycles. The van der Waals surface area contributed by atoms with Crippen molar-refractivity contribution in [2.24, 2.45) is 0 Å². The van der Waals surface area contributed by atoms with E-state index in [-0.39, 0.29) is 11.8 Å². The minimum atomic E-state index is -1.02. The Hall–Kier alpha value is -3.17. The quantitative estimate of drug-likeness (QED) is 0.387. The van der Waals surface area contributed by atoms with Gasteiger partial charge in [0.05, 0.1) is 16.3 Å². The van der Waals surface area contributed by atoms with E-state index in [9.17, 15) is 14.4 Å². The molecular formula is C22H20N4O3S2. The van der Waals surface area contributed by atoms with Crippen LogP contribution in [0.2, 0.25) is 0 Å². The number of urea groups is 1. The first kappa shape index (κ1) is 21.1. The van der Waals surface area contributed by atoms with E-state index < -0.39 is 11.6 Å². The molecule has 9 heteroatoms. The fraction of sp³-hybridized carbons (Fsp3) is 0.182. The number of nitrogens with one attached hydrogen (secondary N) is 3. The lowest BCUT2D eigenvalue weighted by molar-refractivity contribution is -0.122. The molecule has 3 N–H and O–H groups in total. The Morgan fingerprint density at radius 3 is 2.71 bits per heavy atom. The molecule has 0 spiro atoms. The largest absolute Gasteiger partial charge is 0.323 e. The van der Waals surface area contributed by atoms with Crippen molar-refractivity contribution in [3.63, 3.8) is 0 Å². The van der Waals surface area contributed by atoms with Gasteiger partial charge in [0, 0.05) is 27.3 Å². The molecule has 2 heterocycles. The Labute approximate surface area is 187 Å². The minimum Gasteiger partial charge on any atom is -0.323 e. The molecule has 1 aliphatic rings. The van der Waals surface area contributed by atoms with Crippen molar-refractivity contribution in [2.75, 3.05) is 11.1 Å². The molecule has 1 saturated heterocycles. The second-order valence-electron chi connectivity index (χ2n) is 7.31. The molecular weight excluding hydrogens is 432 g/mol. The first-order valence-electron chi connectivity index (χ1n) is 9.53. The maximum Gasteiger partial charge on any atom is 0.322 e. The topological polar surface area (TPSA) is 100 Å². The number of hydrogen-bond acceptors (Lipinski definition) is 6. The zero-order valence-electron chi connectivity index (χ0n) is 16.9. The van der Waals surface area contributed by atoms with Crippen molar-refractivity contribution in [3.05, 3.63) is 64.5 Å². The molecule has 158 valence electrons. The van der Waals surface area contributed by atoms with Gasteiger partial charge in [0.1, 0.15) is 5.54 Å². The van der Waals surface area contributed by atoms with Crippen LogP contribution in [-0.2, 0) is 4.79 Å². The summed E-state index contributed by atoms with van der Waals surface area (Å²) in [5, 5.41) is 10.8. The van der Waals surface area contributed by atoms with E-state index in [4.69, 9.17) is 0 Å². The van der Waals surface area contributed by atoms with Gasteiger partial charge in [-0.15, -0.1) is 23.1 Å². The highest BCUT2D eigenvalue weighted by molar-refractivity contribution is 7.99. The van der Waals surface area contributed by atoms with Gasteiger partial charge < -0.3 is 10.6 Å². The SMILES string of the molecule is Cc1nc(-c2cccc(NC(=O)c3ccccc3SC[C@@]3(C)NC(=O)NC3=O)c2)cs1. The van der Waals surface area contributed by atoms with Crippen LogP contribution in [0, 0.1) is 6.92 Å². The van der Waals surface area contributed by atoms with E-state index in [1.54, 1.807) is 30.4 Å². The molecule has 1 fully saturated rings. The summed E-state index contributed by atoms with van der Waals surface area (Å²) in [7, 11) is 0. The van der Waals surface area contributed by atoms with Crippen LogP contribution in [0.25, 0.3) is 11.3 Å². The number of imide groups is 1. The van der Waals surface area contributed by atoms with E-state index in [1.165, 1.54) is 11.8 Å². The fourth-order valence-electron chi connectivity index (χ4n) is 3.13. The Morgan fingerprint density at radius 1 is 1.19 bits per heavy atom. The van der Waals surface area contributed by atoms with Crippen LogP contribution >= 0.6 is 23.1 Å². The lowest BCUT2D eigenvalue weighted by atomic mass is 10.1. The van der Waals surface area contributed by atoms with E-state index in [0.717, 1.165) is 21.2 Å². The molecule has 1 aromatic heterocycles. The van der Waals surface area contributed by atoms with Crippen LogP contribution in [0.1, 0.15) is 22.3 Å². The first-order valence-corrected chi connectivity index (χ1v) is 11.4. The highest BCUT2D eigenvalue weighted by Gasteiger charge is 2.41. The predicted molar refractivity (Wildman–Crippen MR) is 122 cm³/mol. The standard InChI is InChI=1S/C22H20N4O3S2/c1-13-23-17(11-30-13)14-6-5-7-15(10-14)24-19(27)16-8-3-4-9-18(16)31-12-22(2)20(28)25-21(29)26-22/h3-11H,12H2,1-2H3,(H,24,27)(H2,25,26,28,29)/t22-/m1/s1. The number of carbonyl (C=O) groups is 3. The van der Waals surface area contributed by atoms with Crippen LogP contribution in [0.4, 0.5) is 10.5 Å². The highest BCUT2D eigenvalue weighted by Crippen LogP contribution is 2.29. The summed E-state index contributed by atoms with van der Waals surface area (Å²) in [5.41, 5.74) is 1.95. The number of rotatable bonds is 6. The van der Waals surface area contributed by atoms with Crippen molar-refractivity contribution >= 4 is 46.6 Å². The summed E-state index contributed by atoms with van der Waals surface area (Å²) < 4.78 is 0. The Balaban J connectivity index is 1.50. The molecule has 4 amide bonds. The third-order valence-corrected chi connectivity index (χ3v) is 6.96. The summed E-state index contributed by atoms with van der Waals surface area (Å²) in [5.74, 6) is -0.325. The third kappa shape index (κ3) is 4.62. The third-order valence-electron chi connectivity index (χ3n) is 4.80. The van der Waals surface area contributed by atoms with Crippen molar-refractivity contribution in [1.82, 2.24) is 15.6 Å². The average molecular weight is 453 g/mol. The number of nitrogens with zero attached hydrogens (tertiary/aromatic N) is 1. The van der Waals surface area contributed by atoms with Crippen LogP contribution in [-0.4, -0.2) is 34.1 Å². The van der Waals surface area contributed by atoms with Gasteiger partial charge in [-0.25, -0.2) is 9.78 Å². The Kier molecular flexibility index (Phi) is 5.79. The molecule has 3 aromatic rings. The molecule has 2 aromatic carbocycles. The number of hydrogen-bond donors (Lipinski definition) is 3. The van der Waals surface area contributed by atoms with E-state index >= 15 is 0 Å². The van der Waals surface area contributed by atoms with Gasteiger partial charge in [0.25, 0.3) is 11.8 Å². The van der Waals surface area contributed by atoms with E-state index in [1.807, 2.05) is 48.7 Å². The zero-order chi connectivity index (χ0) is 22.0. The van der Waals surface area contributed by atoms with E-state index in [0.29, 0.717) is 17.0 Å². The number of thioether (sulfide) groups is 1. The number of aromatic nitrogens is 1.